The molecule has 1 N–H and O–H groups in total. The van der Waals surface area contributed by atoms with Crippen molar-refractivity contribution in [1.29, 1.82) is 0 Å². The van der Waals surface area contributed by atoms with E-state index in [1.54, 1.807) is 17.0 Å². The second-order valence-electron chi connectivity index (χ2n) is 4.24. The van der Waals surface area contributed by atoms with E-state index < -0.39 is 0 Å². The molecule has 1 aliphatic rings. The minimum atomic E-state index is -0.263. The van der Waals surface area contributed by atoms with Crippen molar-refractivity contribution in [3.63, 3.8) is 0 Å². The molecular formula is C13H17N3O4. The molecule has 1 aliphatic heterocycles. The Morgan fingerprint density at radius 2 is 2.15 bits per heavy atom. The van der Waals surface area contributed by atoms with Gasteiger partial charge in [0.25, 0.3) is 11.8 Å². The summed E-state index contributed by atoms with van der Waals surface area (Å²) < 4.78 is 10.5. The van der Waals surface area contributed by atoms with Crippen molar-refractivity contribution in [2.45, 2.75) is 0 Å². The highest BCUT2D eigenvalue weighted by molar-refractivity contribution is 5.92. The highest BCUT2D eigenvalue weighted by Gasteiger charge is 2.17. The monoisotopic (exact) mass is 279 g/mol. The van der Waals surface area contributed by atoms with Crippen molar-refractivity contribution < 1.29 is 19.1 Å². The van der Waals surface area contributed by atoms with E-state index in [1.165, 1.54) is 13.2 Å². The number of carbonyl (C=O) groups excluding carboxylic acids is 2. The molecule has 2 heterocycles. The molecule has 7 nitrogen and oxygen atoms in total. The van der Waals surface area contributed by atoms with Gasteiger partial charge in [-0.25, -0.2) is 4.98 Å². The van der Waals surface area contributed by atoms with Crippen LogP contribution >= 0.6 is 0 Å². The van der Waals surface area contributed by atoms with E-state index in [9.17, 15) is 9.59 Å². The minimum Gasteiger partial charge on any atom is -0.482 e. The van der Waals surface area contributed by atoms with Crippen molar-refractivity contribution >= 4 is 11.8 Å². The first-order valence-electron chi connectivity index (χ1n) is 6.37. The predicted octanol–water partition coefficient (Wildman–Crippen LogP) is -0.321. The summed E-state index contributed by atoms with van der Waals surface area (Å²) in [4.78, 5) is 28.8. The van der Waals surface area contributed by atoms with Gasteiger partial charge in [-0.3, -0.25) is 9.59 Å². The number of pyridine rings is 1. The summed E-state index contributed by atoms with van der Waals surface area (Å²) in [5, 5.41) is 2.48. The summed E-state index contributed by atoms with van der Waals surface area (Å²) in [6.45, 7) is 2.27. The van der Waals surface area contributed by atoms with E-state index in [2.05, 4.69) is 10.3 Å². The molecular weight excluding hydrogens is 262 g/mol. The van der Waals surface area contributed by atoms with Crippen LogP contribution in [0.4, 0.5) is 0 Å². The quantitative estimate of drug-likeness (QED) is 0.817. The molecule has 7 heteroatoms. The average molecular weight is 279 g/mol. The minimum absolute atomic E-state index is 0.0407. The second-order valence-corrected chi connectivity index (χ2v) is 4.24. The number of rotatable bonds is 4. The molecule has 20 heavy (non-hydrogen) atoms. The first kappa shape index (κ1) is 14.3. The summed E-state index contributed by atoms with van der Waals surface area (Å²) in [5.41, 5.74) is 0.305. The standard InChI is InChI=1S/C13H17N3O4/c1-14-13(18)11-3-2-10(8-15-11)20-9-12(17)16-4-6-19-7-5-16/h2-3,8H,4-7,9H2,1H3,(H,14,18). The van der Waals surface area contributed by atoms with Gasteiger partial charge in [0.15, 0.2) is 6.61 Å². The molecule has 0 radical (unpaired) electrons. The van der Waals surface area contributed by atoms with Gasteiger partial charge in [-0.2, -0.15) is 0 Å². The number of ether oxygens (including phenoxy) is 2. The zero-order valence-corrected chi connectivity index (χ0v) is 11.3. The lowest BCUT2D eigenvalue weighted by Crippen LogP contribution is -2.42. The molecule has 0 spiro atoms. The molecule has 1 fully saturated rings. The van der Waals surface area contributed by atoms with E-state index in [0.29, 0.717) is 37.7 Å². The normalized spacial score (nSPS) is 14.8. The van der Waals surface area contributed by atoms with Crippen LogP contribution in [0.1, 0.15) is 10.5 Å². The van der Waals surface area contributed by atoms with Gasteiger partial charge in [-0.1, -0.05) is 0 Å². The van der Waals surface area contributed by atoms with E-state index in [1.807, 2.05) is 0 Å². The topological polar surface area (TPSA) is 80.8 Å². The van der Waals surface area contributed by atoms with Crippen molar-refractivity contribution in [2.24, 2.45) is 0 Å². The molecule has 0 aromatic carbocycles. The van der Waals surface area contributed by atoms with Crippen LogP contribution in [0.5, 0.6) is 5.75 Å². The van der Waals surface area contributed by atoms with Gasteiger partial charge in [0, 0.05) is 20.1 Å². The van der Waals surface area contributed by atoms with Gasteiger partial charge in [0.1, 0.15) is 11.4 Å². The van der Waals surface area contributed by atoms with Crippen LogP contribution in [0.2, 0.25) is 0 Å². The Morgan fingerprint density at radius 3 is 2.75 bits per heavy atom. The molecule has 0 atom stereocenters. The fourth-order valence-electron chi connectivity index (χ4n) is 1.78. The Labute approximate surface area is 116 Å². The Bertz CT molecular complexity index is 469. The molecule has 2 rings (SSSR count). The molecule has 1 saturated heterocycles. The largest absolute Gasteiger partial charge is 0.482 e. The number of carbonyl (C=O) groups is 2. The molecule has 1 aromatic rings. The number of nitrogens with zero attached hydrogens (tertiary/aromatic N) is 2. The average Bonchev–Trinajstić information content (AvgIpc) is 2.53. The molecule has 108 valence electrons. The van der Waals surface area contributed by atoms with Gasteiger partial charge < -0.3 is 19.7 Å². The number of hydrogen-bond donors (Lipinski definition) is 1. The number of morpholine rings is 1. The molecule has 0 unspecified atom stereocenters. The zero-order chi connectivity index (χ0) is 14.4. The fourth-order valence-corrected chi connectivity index (χ4v) is 1.78. The molecule has 1 aromatic heterocycles. The fraction of sp³-hybridized carbons (Fsp3) is 0.462. The van der Waals surface area contributed by atoms with E-state index in [-0.39, 0.29) is 18.4 Å². The lowest BCUT2D eigenvalue weighted by Gasteiger charge is -2.26. The maximum Gasteiger partial charge on any atom is 0.269 e. The number of amides is 2. The number of hydrogen-bond acceptors (Lipinski definition) is 5. The predicted molar refractivity (Wildman–Crippen MR) is 70.5 cm³/mol. The smallest absolute Gasteiger partial charge is 0.269 e. The van der Waals surface area contributed by atoms with Crippen LogP contribution in [-0.4, -0.2) is 61.7 Å². The first-order chi connectivity index (χ1) is 9.70. The third-order valence-corrected chi connectivity index (χ3v) is 2.92. The third-order valence-electron chi connectivity index (χ3n) is 2.92. The molecule has 0 bridgehead atoms. The lowest BCUT2D eigenvalue weighted by atomic mass is 10.3. The Hall–Kier alpha value is -2.15. The second kappa shape index (κ2) is 6.85. The lowest BCUT2D eigenvalue weighted by molar-refractivity contribution is -0.137. The maximum absolute atomic E-state index is 11.9. The highest BCUT2D eigenvalue weighted by atomic mass is 16.5. The Balaban J connectivity index is 1.84. The van der Waals surface area contributed by atoms with Crippen LogP contribution in [0, 0.1) is 0 Å². The molecule has 0 aliphatic carbocycles. The Kier molecular flexibility index (Phi) is 4.89. The SMILES string of the molecule is CNC(=O)c1ccc(OCC(=O)N2CCOCC2)cn1. The van der Waals surface area contributed by atoms with E-state index in [4.69, 9.17) is 9.47 Å². The van der Waals surface area contributed by atoms with Crippen molar-refractivity contribution in [3.8, 4) is 5.75 Å². The summed E-state index contributed by atoms with van der Waals surface area (Å²) in [6, 6.07) is 3.16. The van der Waals surface area contributed by atoms with Crippen LogP contribution in [0.15, 0.2) is 18.3 Å². The van der Waals surface area contributed by atoms with Crippen LogP contribution in [-0.2, 0) is 9.53 Å². The Morgan fingerprint density at radius 1 is 1.40 bits per heavy atom. The van der Waals surface area contributed by atoms with Crippen LogP contribution < -0.4 is 10.1 Å². The summed E-state index contributed by atoms with van der Waals surface area (Å²) >= 11 is 0. The van der Waals surface area contributed by atoms with Gasteiger partial charge >= 0.3 is 0 Å². The summed E-state index contributed by atoms with van der Waals surface area (Å²) in [5.74, 6) is 0.115. The highest BCUT2D eigenvalue weighted by Crippen LogP contribution is 2.09. The van der Waals surface area contributed by atoms with Crippen LogP contribution in [0.25, 0.3) is 0 Å². The first-order valence-corrected chi connectivity index (χ1v) is 6.37. The van der Waals surface area contributed by atoms with Gasteiger partial charge in [0.05, 0.1) is 19.4 Å². The van der Waals surface area contributed by atoms with E-state index in [0.717, 1.165) is 0 Å². The third kappa shape index (κ3) is 3.67. The van der Waals surface area contributed by atoms with E-state index >= 15 is 0 Å². The number of nitrogens with one attached hydrogen (secondary N) is 1. The zero-order valence-electron chi connectivity index (χ0n) is 11.3. The molecule has 2 amide bonds. The van der Waals surface area contributed by atoms with Crippen molar-refractivity contribution in [2.75, 3.05) is 40.0 Å². The van der Waals surface area contributed by atoms with Crippen molar-refractivity contribution in [3.05, 3.63) is 24.0 Å². The van der Waals surface area contributed by atoms with Crippen LogP contribution in [0.3, 0.4) is 0 Å². The van der Waals surface area contributed by atoms with Crippen molar-refractivity contribution in [1.82, 2.24) is 15.2 Å². The summed E-state index contributed by atoms with van der Waals surface area (Å²) in [6.07, 6.45) is 1.43. The summed E-state index contributed by atoms with van der Waals surface area (Å²) in [7, 11) is 1.54. The van der Waals surface area contributed by atoms with Gasteiger partial charge in [0.2, 0.25) is 0 Å². The molecule has 0 saturated carbocycles. The number of aromatic nitrogens is 1. The maximum atomic E-state index is 11.9. The van der Waals surface area contributed by atoms with Gasteiger partial charge in [-0.05, 0) is 12.1 Å². The van der Waals surface area contributed by atoms with Gasteiger partial charge in [-0.15, -0.1) is 0 Å².